The summed E-state index contributed by atoms with van der Waals surface area (Å²) in [6, 6.07) is 0.424. The van der Waals surface area contributed by atoms with Crippen molar-refractivity contribution < 1.29 is 39.3 Å². The number of carboxylic acids is 1. The van der Waals surface area contributed by atoms with E-state index in [0.717, 1.165) is 0 Å². The number of aliphatic hydroxyl groups excluding tert-OH is 1. The van der Waals surface area contributed by atoms with E-state index in [9.17, 15) is 29.1 Å². The molecule has 0 saturated heterocycles. The molecule has 1 rings (SSSR count). The molecule has 0 fully saturated rings. The topological polar surface area (TPSA) is 234 Å². The van der Waals surface area contributed by atoms with Crippen LogP contribution in [0.3, 0.4) is 0 Å². The average molecular weight is 453 g/mol. The Labute approximate surface area is 183 Å². The number of aliphatic carboxylic acids is 1. The zero-order valence-corrected chi connectivity index (χ0v) is 17.3. The second-order valence-electron chi connectivity index (χ2n) is 7.02. The molecule has 32 heavy (non-hydrogen) atoms. The summed E-state index contributed by atoms with van der Waals surface area (Å²) in [7, 11) is 0. The molecule has 10 N–H and O–H groups in total. The maximum Gasteiger partial charge on any atom is 0.328 e. The molecule has 0 aromatic heterocycles. The van der Waals surface area contributed by atoms with Crippen LogP contribution in [0, 0.1) is 0 Å². The number of phenols is 1. The van der Waals surface area contributed by atoms with Gasteiger partial charge in [-0.1, -0.05) is 12.1 Å². The number of benzene rings is 1. The zero-order chi connectivity index (χ0) is 24.4. The third kappa shape index (κ3) is 8.57. The molecule has 4 unspecified atom stereocenters. The Bertz CT molecular complexity index is 845. The number of nitrogens with one attached hydrogen (secondary N) is 3. The maximum absolute atomic E-state index is 12.6. The summed E-state index contributed by atoms with van der Waals surface area (Å²) < 4.78 is 0. The van der Waals surface area contributed by atoms with E-state index in [2.05, 4.69) is 16.0 Å². The number of primary amides is 1. The number of carboxylic acid groups (broad SMARTS) is 1. The van der Waals surface area contributed by atoms with Gasteiger partial charge in [0.05, 0.1) is 19.1 Å². The van der Waals surface area contributed by atoms with Gasteiger partial charge in [0.2, 0.25) is 23.6 Å². The monoisotopic (exact) mass is 453 g/mol. The third-order valence-electron chi connectivity index (χ3n) is 4.32. The quantitative estimate of drug-likeness (QED) is 0.158. The van der Waals surface area contributed by atoms with E-state index in [1.54, 1.807) is 0 Å². The molecule has 176 valence electrons. The molecule has 0 saturated carbocycles. The predicted octanol–water partition coefficient (Wildman–Crippen LogP) is -3.31. The van der Waals surface area contributed by atoms with Gasteiger partial charge in [0.1, 0.15) is 23.9 Å². The lowest BCUT2D eigenvalue weighted by Crippen LogP contribution is -2.57. The molecule has 0 aliphatic carbocycles. The van der Waals surface area contributed by atoms with Gasteiger partial charge < -0.3 is 42.7 Å². The van der Waals surface area contributed by atoms with E-state index in [1.807, 2.05) is 0 Å². The molecular formula is C19H27N5O8. The molecule has 13 heteroatoms. The molecule has 4 atom stereocenters. The number of phenolic OH excluding ortho intramolecular Hbond substituents is 1. The van der Waals surface area contributed by atoms with Crippen molar-refractivity contribution in [2.75, 3.05) is 6.61 Å². The smallest absolute Gasteiger partial charge is 0.328 e. The van der Waals surface area contributed by atoms with Gasteiger partial charge in [0.15, 0.2) is 0 Å². The number of nitrogens with two attached hydrogens (primary N) is 2. The van der Waals surface area contributed by atoms with E-state index < -0.39 is 66.8 Å². The summed E-state index contributed by atoms with van der Waals surface area (Å²) in [4.78, 5) is 59.1. The first kappa shape index (κ1) is 26.3. The Morgan fingerprint density at radius 3 is 2.00 bits per heavy atom. The molecule has 0 spiro atoms. The Balaban J connectivity index is 2.93. The molecule has 0 aliphatic heterocycles. The molecule has 0 bridgehead atoms. The summed E-state index contributed by atoms with van der Waals surface area (Å²) in [5.74, 6) is -4.78. The second-order valence-corrected chi connectivity index (χ2v) is 7.02. The van der Waals surface area contributed by atoms with Gasteiger partial charge in [-0.3, -0.25) is 19.2 Å². The van der Waals surface area contributed by atoms with Gasteiger partial charge in [0.25, 0.3) is 0 Å². The maximum atomic E-state index is 12.6. The summed E-state index contributed by atoms with van der Waals surface area (Å²) in [6.07, 6.45) is -0.513. The summed E-state index contributed by atoms with van der Waals surface area (Å²) in [6.45, 7) is 0.443. The van der Waals surface area contributed by atoms with Gasteiger partial charge >= 0.3 is 5.97 Å². The minimum atomic E-state index is -1.59. The Morgan fingerprint density at radius 1 is 0.938 bits per heavy atom. The number of hydrogen-bond acceptors (Lipinski definition) is 8. The fourth-order valence-electron chi connectivity index (χ4n) is 2.53. The number of aliphatic hydroxyl groups is 1. The first-order valence-electron chi connectivity index (χ1n) is 9.51. The van der Waals surface area contributed by atoms with Gasteiger partial charge in [-0.2, -0.15) is 0 Å². The SMILES string of the molecule is CC(NC(=O)C(N)CC(N)=O)C(=O)NC(Cc1ccc(O)cc1)C(=O)NC(CO)C(=O)O. The number of carbonyl (C=O) groups excluding carboxylic acids is 4. The van der Waals surface area contributed by atoms with Crippen molar-refractivity contribution in [3.05, 3.63) is 29.8 Å². The van der Waals surface area contributed by atoms with Crippen LogP contribution in [0.1, 0.15) is 18.9 Å². The number of rotatable bonds is 12. The minimum Gasteiger partial charge on any atom is -0.508 e. The van der Waals surface area contributed by atoms with E-state index in [0.29, 0.717) is 5.56 Å². The van der Waals surface area contributed by atoms with Gasteiger partial charge in [-0.15, -0.1) is 0 Å². The Kier molecular flexibility index (Phi) is 10.1. The lowest BCUT2D eigenvalue weighted by Gasteiger charge is -2.23. The normalized spacial score (nSPS) is 14.3. The Morgan fingerprint density at radius 2 is 1.50 bits per heavy atom. The Hall–Kier alpha value is -3.71. The molecule has 4 amide bonds. The molecule has 1 aromatic rings. The molecular weight excluding hydrogens is 426 g/mol. The van der Waals surface area contributed by atoms with Crippen LogP contribution in [-0.4, -0.2) is 75.7 Å². The third-order valence-corrected chi connectivity index (χ3v) is 4.32. The number of aromatic hydroxyl groups is 1. The number of hydrogen-bond donors (Lipinski definition) is 8. The highest BCUT2D eigenvalue weighted by Gasteiger charge is 2.29. The molecule has 0 radical (unpaired) electrons. The van der Waals surface area contributed by atoms with Crippen molar-refractivity contribution in [2.45, 2.75) is 43.9 Å². The van der Waals surface area contributed by atoms with E-state index in [-0.39, 0.29) is 12.2 Å². The lowest BCUT2D eigenvalue weighted by molar-refractivity contribution is -0.143. The van der Waals surface area contributed by atoms with Gasteiger partial charge in [0, 0.05) is 6.42 Å². The molecule has 0 aliphatic rings. The largest absolute Gasteiger partial charge is 0.508 e. The van der Waals surface area contributed by atoms with Crippen LogP contribution in [0.2, 0.25) is 0 Å². The van der Waals surface area contributed by atoms with E-state index in [1.165, 1.54) is 31.2 Å². The van der Waals surface area contributed by atoms with Crippen LogP contribution in [0.15, 0.2) is 24.3 Å². The first-order valence-corrected chi connectivity index (χ1v) is 9.51. The van der Waals surface area contributed by atoms with Crippen molar-refractivity contribution in [1.29, 1.82) is 0 Å². The van der Waals surface area contributed by atoms with E-state index in [4.69, 9.17) is 21.7 Å². The van der Waals surface area contributed by atoms with Gasteiger partial charge in [-0.25, -0.2) is 4.79 Å². The average Bonchev–Trinajstić information content (AvgIpc) is 2.71. The lowest BCUT2D eigenvalue weighted by atomic mass is 10.0. The van der Waals surface area contributed by atoms with E-state index >= 15 is 0 Å². The van der Waals surface area contributed by atoms with Gasteiger partial charge in [-0.05, 0) is 24.6 Å². The molecule has 1 aromatic carbocycles. The van der Waals surface area contributed by atoms with Crippen LogP contribution in [-0.2, 0) is 30.4 Å². The minimum absolute atomic E-state index is 0.0198. The fraction of sp³-hybridized carbons (Fsp3) is 0.421. The summed E-state index contributed by atoms with van der Waals surface area (Å²) in [5.41, 5.74) is 11.0. The standard InChI is InChI=1S/C19H27N5O8/c1-9(22-17(29)12(20)7-15(21)27)16(28)23-13(6-10-2-4-11(26)5-3-10)18(30)24-14(8-25)19(31)32/h2-5,9,12-14,25-26H,6-8,20H2,1H3,(H2,21,27)(H,22,29)(H,23,28)(H,24,30)(H,31,32). The van der Waals surface area contributed by atoms with Crippen LogP contribution in [0.5, 0.6) is 5.75 Å². The van der Waals surface area contributed by atoms with Crippen molar-refractivity contribution in [3.8, 4) is 5.75 Å². The second kappa shape index (κ2) is 12.2. The number of carbonyl (C=O) groups is 5. The fourth-order valence-corrected chi connectivity index (χ4v) is 2.53. The van der Waals surface area contributed by atoms with Crippen molar-refractivity contribution in [3.63, 3.8) is 0 Å². The number of amides is 4. The van der Waals surface area contributed by atoms with Crippen LogP contribution < -0.4 is 27.4 Å². The molecule has 13 nitrogen and oxygen atoms in total. The highest BCUT2D eigenvalue weighted by Crippen LogP contribution is 2.12. The summed E-state index contributed by atoms with van der Waals surface area (Å²) in [5, 5.41) is 34.3. The first-order chi connectivity index (χ1) is 14.9. The van der Waals surface area contributed by atoms with Crippen molar-refractivity contribution in [2.24, 2.45) is 11.5 Å². The predicted molar refractivity (Wildman–Crippen MR) is 110 cm³/mol. The molecule has 0 heterocycles. The summed E-state index contributed by atoms with van der Waals surface area (Å²) >= 11 is 0. The van der Waals surface area contributed by atoms with Crippen LogP contribution >= 0.6 is 0 Å². The zero-order valence-electron chi connectivity index (χ0n) is 17.3. The highest BCUT2D eigenvalue weighted by molar-refractivity contribution is 5.94. The van der Waals surface area contributed by atoms with Crippen LogP contribution in [0.4, 0.5) is 0 Å². The van der Waals surface area contributed by atoms with Crippen molar-refractivity contribution in [1.82, 2.24) is 16.0 Å². The van der Waals surface area contributed by atoms with Crippen LogP contribution in [0.25, 0.3) is 0 Å². The van der Waals surface area contributed by atoms with Crippen molar-refractivity contribution >= 4 is 29.6 Å². The highest BCUT2D eigenvalue weighted by atomic mass is 16.4.